The number of alkyl halides is 1. The number of likely N-dealkylation sites (N-methyl/N-ethyl adjacent to an activating group) is 1. The molecule has 0 bridgehead atoms. The molecule has 8 heterocycles. The minimum atomic E-state index is -0.890. The number of likely N-dealkylation sites (tertiary alicyclic amines) is 2. The first-order chi connectivity index (χ1) is 43.1. The number of H-pyrrole nitrogens is 1. The molecule has 0 spiro atoms. The van der Waals surface area contributed by atoms with Crippen LogP contribution in [0.25, 0.3) is 44.1 Å². The molecular formula is C66H80Cl4F4N8O10. The zero-order valence-corrected chi connectivity index (χ0v) is 56.8. The minimum Gasteiger partial charge on any atom is -0.496 e. The lowest BCUT2D eigenvalue weighted by Crippen LogP contribution is -2.63. The van der Waals surface area contributed by atoms with Gasteiger partial charge in [-0.15, -0.1) is 24.0 Å². The molecule has 6 aliphatic heterocycles. The molecule has 0 saturated carbocycles. The summed E-state index contributed by atoms with van der Waals surface area (Å²) in [5.74, 6) is -1.96. The predicted octanol–water partition coefficient (Wildman–Crippen LogP) is 13.0. The molecular weight excluding hydrogens is 1280 g/mol. The van der Waals surface area contributed by atoms with E-state index in [1.165, 1.54) is 80.6 Å². The van der Waals surface area contributed by atoms with Gasteiger partial charge >= 0.3 is 12.2 Å². The molecule has 12 rings (SSSR count). The van der Waals surface area contributed by atoms with Crippen molar-refractivity contribution in [3.63, 3.8) is 0 Å². The number of nitrogens with one attached hydrogen (secondary N) is 1. The van der Waals surface area contributed by atoms with Crippen molar-refractivity contribution in [2.75, 3.05) is 96.5 Å². The Morgan fingerprint density at radius 3 is 1.55 bits per heavy atom. The van der Waals surface area contributed by atoms with Crippen molar-refractivity contribution in [3.8, 4) is 45.3 Å². The Bertz CT molecular complexity index is 3910. The highest BCUT2D eigenvalue weighted by atomic mass is 35.5. The van der Waals surface area contributed by atoms with Crippen LogP contribution in [0.1, 0.15) is 81.1 Å². The third-order valence-corrected chi connectivity index (χ3v) is 18.6. The van der Waals surface area contributed by atoms with Crippen LogP contribution in [-0.2, 0) is 16.0 Å². The molecule has 6 atom stereocenters. The number of pyridine rings is 2. The minimum absolute atomic E-state index is 0. The van der Waals surface area contributed by atoms with Gasteiger partial charge in [0.2, 0.25) is 11.5 Å². The first-order valence-corrected chi connectivity index (χ1v) is 31.9. The lowest BCUT2D eigenvalue weighted by molar-refractivity contribution is 0.00884. The monoisotopic (exact) mass is 1360 g/mol. The molecule has 92 heavy (non-hydrogen) atoms. The van der Waals surface area contributed by atoms with Crippen LogP contribution in [0.4, 0.5) is 38.5 Å². The van der Waals surface area contributed by atoms with Crippen molar-refractivity contribution >= 4 is 92.6 Å². The van der Waals surface area contributed by atoms with Gasteiger partial charge < -0.3 is 67.4 Å². The maximum atomic E-state index is 17.1. The van der Waals surface area contributed by atoms with E-state index in [1.807, 2.05) is 51.5 Å². The predicted molar refractivity (Wildman–Crippen MR) is 354 cm³/mol. The first kappa shape index (κ1) is 69.8. The molecule has 4 aromatic carbocycles. The van der Waals surface area contributed by atoms with Gasteiger partial charge in [0.05, 0.1) is 69.9 Å². The van der Waals surface area contributed by atoms with E-state index < -0.39 is 57.8 Å². The zero-order chi connectivity index (χ0) is 65.9. The molecule has 0 unspecified atom stereocenters. The van der Waals surface area contributed by atoms with Gasteiger partial charge in [-0.25, -0.2) is 27.2 Å². The van der Waals surface area contributed by atoms with Crippen molar-refractivity contribution in [2.45, 2.75) is 135 Å². The van der Waals surface area contributed by atoms with E-state index in [0.717, 1.165) is 25.3 Å². The van der Waals surface area contributed by atoms with Crippen LogP contribution in [0.2, 0.25) is 10.0 Å². The summed E-state index contributed by atoms with van der Waals surface area (Å²) >= 11 is 19.0. The summed E-state index contributed by atoms with van der Waals surface area (Å²) in [5.41, 5.74) is -2.38. The molecule has 0 aliphatic carbocycles. The lowest BCUT2D eigenvalue weighted by Gasteiger charge is -2.48. The van der Waals surface area contributed by atoms with Crippen molar-refractivity contribution in [2.24, 2.45) is 0 Å². The van der Waals surface area contributed by atoms with E-state index in [4.69, 9.17) is 63.2 Å². The highest BCUT2D eigenvalue weighted by Gasteiger charge is 2.45. The summed E-state index contributed by atoms with van der Waals surface area (Å²) in [6.07, 6.45) is 3.55. The number of methoxy groups -OCH3 is 2. The van der Waals surface area contributed by atoms with Gasteiger partial charge in [-0.3, -0.25) is 9.59 Å². The maximum Gasteiger partial charge on any atom is 0.410 e. The van der Waals surface area contributed by atoms with Gasteiger partial charge in [-0.05, 0) is 145 Å². The Hall–Kier alpha value is -6.56. The normalized spacial score (nSPS) is 21.3. The second-order valence-electron chi connectivity index (χ2n) is 26.2. The number of halogens is 8. The summed E-state index contributed by atoms with van der Waals surface area (Å²) in [7, 11) is 6.85. The fraction of sp³-hybridized carbons (Fsp3) is 0.515. The zero-order valence-electron chi connectivity index (χ0n) is 53.7. The summed E-state index contributed by atoms with van der Waals surface area (Å²) < 4.78 is 98.7. The van der Waals surface area contributed by atoms with Crippen LogP contribution < -0.4 is 39.9 Å². The number of rotatable bonds is 7. The average molecular weight is 1360 g/mol. The van der Waals surface area contributed by atoms with Crippen molar-refractivity contribution < 1.29 is 55.6 Å². The van der Waals surface area contributed by atoms with Gasteiger partial charge in [-0.1, -0.05) is 35.3 Å². The fourth-order valence-corrected chi connectivity index (χ4v) is 14.1. The van der Waals surface area contributed by atoms with E-state index >= 15 is 13.2 Å². The van der Waals surface area contributed by atoms with Crippen LogP contribution in [-0.4, -0.2) is 175 Å². The van der Waals surface area contributed by atoms with Crippen molar-refractivity contribution in [1.82, 2.24) is 29.2 Å². The highest BCUT2D eigenvalue weighted by Crippen LogP contribution is 2.49. The summed E-state index contributed by atoms with van der Waals surface area (Å²) in [6.45, 7) is 18.5. The van der Waals surface area contributed by atoms with E-state index in [-0.39, 0.29) is 142 Å². The number of ether oxygens (including phenoxy) is 6. The lowest BCUT2D eigenvalue weighted by atomic mass is 9.97. The number of anilines is 2. The van der Waals surface area contributed by atoms with Gasteiger partial charge in [-0.2, -0.15) is 0 Å². The van der Waals surface area contributed by atoms with Crippen LogP contribution in [0.5, 0.6) is 23.0 Å². The molecule has 1 N–H and O–H groups in total. The molecule has 2 aromatic heterocycles. The Kier molecular flexibility index (Phi) is 21.1. The van der Waals surface area contributed by atoms with E-state index in [1.54, 1.807) is 36.6 Å². The number of carbonyl (C=O) groups excluding carboxylic acids is 2. The summed E-state index contributed by atoms with van der Waals surface area (Å²) in [4.78, 5) is 67.5. The van der Waals surface area contributed by atoms with Gasteiger partial charge in [0.25, 0.3) is 11.1 Å². The maximum absolute atomic E-state index is 17.1. The van der Waals surface area contributed by atoms with Gasteiger partial charge in [0.1, 0.15) is 47.5 Å². The smallest absolute Gasteiger partial charge is 0.410 e. The number of aromatic nitrogens is 2. The molecule has 6 aliphatic rings. The summed E-state index contributed by atoms with van der Waals surface area (Å²) in [5, 5.41) is 0.602. The van der Waals surface area contributed by atoms with Gasteiger partial charge in [0, 0.05) is 84.7 Å². The Morgan fingerprint density at radius 2 is 1.11 bits per heavy atom. The average Bonchev–Trinajstić information content (AvgIpc) is 0.817. The second-order valence-corrected chi connectivity index (χ2v) is 27.3. The second kappa shape index (κ2) is 27.8. The SMILES string of the molecule is CN1CCC[C@H]1CCl.COc1cccc(F)c1-c1c(Cl)cc2c3c(c(=O)[nH]c2c1F)OC[C@H]1CN(C(=O)OC(C)(C)C)[C@H](C)CN31.COc1cccc(F)c1-c1c(Cl)cc2c3c(c(=O)n(C[C@@H]4CCCN4C)c2c1F)OC[C@H]1CN(C(=O)OC(C)(C)C)[C@H](C)CN31.Cl. The van der Waals surface area contributed by atoms with Crippen molar-refractivity contribution in [1.29, 1.82) is 0 Å². The van der Waals surface area contributed by atoms with Crippen LogP contribution in [0.3, 0.4) is 0 Å². The van der Waals surface area contributed by atoms with Crippen molar-refractivity contribution in [3.05, 3.63) is 103 Å². The van der Waals surface area contributed by atoms with Crippen LogP contribution >= 0.6 is 47.2 Å². The quantitative estimate of drug-likeness (QED) is 0.119. The molecule has 18 nitrogen and oxygen atoms in total. The number of nitrogens with zero attached hydrogens (tertiary/aromatic N) is 7. The van der Waals surface area contributed by atoms with Crippen LogP contribution in [0, 0.1) is 23.3 Å². The summed E-state index contributed by atoms with van der Waals surface area (Å²) in [6, 6.07) is 10.9. The molecule has 26 heteroatoms. The Labute approximate surface area is 553 Å². The number of aromatic amines is 1. The van der Waals surface area contributed by atoms with Crippen LogP contribution in [0.15, 0.2) is 58.1 Å². The molecule has 2 amide bonds. The number of amides is 2. The largest absolute Gasteiger partial charge is 0.496 e. The van der Waals surface area contributed by atoms with E-state index in [0.29, 0.717) is 41.3 Å². The number of piperazine rings is 2. The van der Waals surface area contributed by atoms with E-state index in [2.05, 4.69) is 21.8 Å². The first-order valence-electron chi connectivity index (χ1n) is 30.6. The molecule has 500 valence electrons. The highest BCUT2D eigenvalue weighted by molar-refractivity contribution is 6.35. The Morgan fingerprint density at radius 1 is 0.652 bits per heavy atom. The topological polar surface area (TPSA) is 164 Å². The number of hydrogen-bond donors (Lipinski definition) is 1. The number of carbonyl (C=O) groups is 2. The molecule has 4 fully saturated rings. The number of hydrogen-bond acceptors (Lipinski definition) is 14. The fourth-order valence-electron chi connectivity index (χ4n) is 13.1. The molecule has 4 saturated heterocycles. The number of fused-ring (bicyclic) bond motifs is 10. The standard InChI is InChI=1S/C33H39ClF2N4O5.C27H28ClF2N3O5.C6H12ClN.ClH/c1-18-14-39-20(16-38(18)32(42)45-33(2,3)4)17-44-30-29(39)21-13-22(34)25(26-23(35)10-7-11-24(26)43-6)27(36)28(21)40(31(30)41)15-19-9-8-12-37(19)5;1-13-10-33-14(11-32(13)26(35)38-27(2,3)4)12-37-24-23(33)15-9-16(28)19(21(30)22(15)31-25(24)34)20-17(29)7-6-8-18(20)36-5;1-8-4-2-3-6(8)5-7;/h7,10-11,13,18-20H,8-9,12,14-17H2,1-6H3;6-9,13-14H,10-12H2,1-5H3,(H,31,34);6H,2-5H2,1H3;1H/t18-,19+,20-;13-,14-;6-;/m110./s1. The molecule has 6 aromatic rings. The third kappa shape index (κ3) is 13.7. The Balaban J connectivity index is 0.000000194. The molecule has 0 radical (unpaired) electrons. The van der Waals surface area contributed by atoms with E-state index in [9.17, 15) is 23.6 Å². The third-order valence-electron chi connectivity index (χ3n) is 17.7. The van der Waals surface area contributed by atoms with Gasteiger partial charge in [0.15, 0.2) is 11.6 Å². The number of benzene rings is 4.